The van der Waals surface area contributed by atoms with Crippen molar-refractivity contribution in [2.45, 2.75) is 57.5 Å². The molecule has 2 atom stereocenters. The Bertz CT molecular complexity index is 236. The van der Waals surface area contributed by atoms with Crippen molar-refractivity contribution in [3.8, 4) is 0 Å². The Morgan fingerprint density at radius 1 is 1.27 bits per heavy atom. The average molecular weight is 210 g/mol. The van der Waals surface area contributed by atoms with Crippen LogP contribution in [0.5, 0.6) is 0 Å². The maximum atomic E-state index is 12.2. The van der Waals surface area contributed by atoms with Crippen molar-refractivity contribution in [3.63, 3.8) is 0 Å². The maximum Gasteiger partial charge on any atom is 0.225 e. The van der Waals surface area contributed by atoms with E-state index >= 15 is 0 Å². The molecule has 3 nitrogen and oxygen atoms in total. The molecule has 2 aliphatic rings. The zero-order chi connectivity index (χ0) is 10.8. The van der Waals surface area contributed by atoms with Gasteiger partial charge in [0.05, 0.1) is 0 Å². The van der Waals surface area contributed by atoms with Crippen LogP contribution >= 0.6 is 0 Å². The van der Waals surface area contributed by atoms with Gasteiger partial charge in [0, 0.05) is 24.5 Å². The lowest BCUT2D eigenvalue weighted by atomic mass is 9.96. The Hall–Kier alpha value is -0.570. The van der Waals surface area contributed by atoms with Crippen LogP contribution in [0.2, 0.25) is 0 Å². The number of amides is 1. The molecule has 86 valence electrons. The van der Waals surface area contributed by atoms with Gasteiger partial charge in [-0.2, -0.15) is 0 Å². The predicted molar refractivity (Wildman–Crippen MR) is 60.3 cm³/mol. The van der Waals surface area contributed by atoms with E-state index in [1.54, 1.807) is 0 Å². The van der Waals surface area contributed by atoms with Gasteiger partial charge in [-0.25, -0.2) is 0 Å². The van der Waals surface area contributed by atoms with Crippen molar-refractivity contribution < 1.29 is 4.79 Å². The smallest absolute Gasteiger partial charge is 0.225 e. The molecule has 2 unspecified atom stereocenters. The number of hydrogen-bond donors (Lipinski definition) is 1. The first-order valence-corrected chi connectivity index (χ1v) is 6.24. The molecule has 0 radical (unpaired) electrons. The Kier molecular flexibility index (Phi) is 3.29. The first kappa shape index (κ1) is 10.9. The van der Waals surface area contributed by atoms with Crippen LogP contribution < -0.4 is 5.73 Å². The van der Waals surface area contributed by atoms with Crippen LogP contribution in [0.3, 0.4) is 0 Å². The van der Waals surface area contributed by atoms with Crippen LogP contribution in [0.4, 0.5) is 0 Å². The standard InChI is InChI=1S/C12H22N2O/c1-9-8-11(13)6-7-14(9)12(15)10-4-2-3-5-10/h9-11H,2-8,13H2,1H3. The lowest BCUT2D eigenvalue weighted by Crippen LogP contribution is -2.49. The van der Waals surface area contributed by atoms with Gasteiger partial charge in [0.15, 0.2) is 0 Å². The highest BCUT2D eigenvalue weighted by Gasteiger charge is 2.32. The first-order chi connectivity index (χ1) is 7.18. The van der Waals surface area contributed by atoms with Crippen molar-refractivity contribution >= 4 is 5.91 Å². The van der Waals surface area contributed by atoms with Gasteiger partial charge >= 0.3 is 0 Å². The lowest BCUT2D eigenvalue weighted by Gasteiger charge is -2.37. The molecule has 0 aromatic heterocycles. The van der Waals surface area contributed by atoms with Crippen LogP contribution in [-0.4, -0.2) is 29.4 Å². The molecule has 1 aliphatic heterocycles. The third-order valence-electron chi connectivity index (χ3n) is 3.90. The van der Waals surface area contributed by atoms with E-state index < -0.39 is 0 Å². The van der Waals surface area contributed by atoms with Crippen LogP contribution in [0.25, 0.3) is 0 Å². The molecule has 0 spiro atoms. The van der Waals surface area contributed by atoms with Crippen molar-refractivity contribution in [1.29, 1.82) is 0 Å². The summed E-state index contributed by atoms with van der Waals surface area (Å²) in [4.78, 5) is 14.3. The Morgan fingerprint density at radius 2 is 1.93 bits per heavy atom. The molecule has 15 heavy (non-hydrogen) atoms. The van der Waals surface area contributed by atoms with Gasteiger partial charge in [-0.1, -0.05) is 12.8 Å². The topological polar surface area (TPSA) is 46.3 Å². The van der Waals surface area contributed by atoms with E-state index in [2.05, 4.69) is 11.8 Å². The fraction of sp³-hybridized carbons (Fsp3) is 0.917. The molecular formula is C12H22N2O. The van der Waals surface area contributed by atoms with E-state index in [0.29, 0.717) is 23.9 Å². The third-order valence-corrected chi connectivity index (χ3v) is 3.90. The zero-order valence-electron chi connectivity index (χ0n) is 9.61. The second-order valence-corrected chi connectivity index (χ2v) is 5.15. The van der Waals surface area contributed by atoms with E-state index in [4.69, 9.17) is 5.73 Å². The molecule has 2 rings (SSSR count). The van der Waals surface area contributed by atoms with E-state index in [1.807, 2.05) is 0 Å². The third kappa shape index (κ3) is 2.33. The summed E-state index contributed by atoms with van der Waals surface area (Å²) >= 11 is 0. The van der Waals surface area contributed by atoms with Crippen LogP contribution in [-0.2, 0) is 4.79 Å². The highest BCUT2D eigenvalue weighted by Crippen LogP contribution is 2.28. The predicted octanol–water partition coefficient (Wildman–Crippen LogP) is 1.51. The summed E-state index contributed by atoms with van der Waals surface area (Å²) in [5.74, 6) is 0.716. The van der Waals surface area contributed by atoms with Gasteiger partial charge in [-0.3, -0.25) is 4.79 Å². The van der Waals surface area contributed by atoms with Crippen LogP contribution in [0, 0.1) is 5.92 Å². The molecule has 1 saturated heterocycles. The zero-order valence-corrected chi connectivity index (χ0v) is 9.61. The number of nitrogens with two attached hydrogens (primary N) is 1. The van der Waals surface area contributed by atoms with Gasteiger partial charge in [-0.15, -0.1) is 0 Å². The molecular weight excluding hydrogens is 188 g/mol. The summed E-state index contributed by atoms with van der Waals surface area (Å²) in [6, 6.07) is 0.648. The number of nitrogens with zero attached hydrogens (tertiary/aromatic N) is 1. The molecule has 2 N–H and O–H groups in total. The molecule has 0 bridgehead atoms. The SMILES string of the molecule is CC1CC(N)CCN1C(=O)C1CCCC1. The minimum Gasteiger partial charge on any atom is -0.340 e. The summed E-state index contributed by atoms with van der Waals surface area (Å²) in [5.41, 5.74) is 5.90. The van der Waals surface area contributed by atoms with E-state index in [1.165, 1.54) is 12.8 Å². The average Bonchev–Trinajstić information content (AvgIpc) is 2.69. The number of rotatable bonds is 1. The number of piperidine rings is 1. The van der Waals surface area contributed by atoms with E-state index in [9.17, 15) is 4.79 Å². The molecule has 0 aromatic carbocycles. The number of carbonyl (C=O) groups excluding carboxylic acids is 1. The van der Waals surface area contributed by atoms with E-state index in [-0.39, 0.29) is 0 Å². The quantitative estimate of drug-likeness (QED) is 0.713. The Balaban J connectivity index is 1.94. The van der Waals surface area contributed by atoms with Crippen molar-refractivity contribution in [3.05, 3.63) is 0 Å². The first-order valence-electron chi connectivity index (χ1n) is 6.24. The molecule has 1 aliphatic carbocycles. The minimum atomic E-state index is 0.299. The van der Waals surface area contributed by atoms with Gasteiger partial charge in [-0.05, 0) is 32.6 Å². The summed E-state index contributed by atoms with van der Waals surface area (Å²) in [7, 11) is 0. The molecule has 2 fully saturated rings. The monoisotopic (exact) mass is 210 g/mol. The van der Waals surface area contributed by atoms with Gasteiger partial charge in [0.25, 0.3) is 0 Å². The lowest BCUT2D eigenvalue weighted by molar-refractivity contribution is -0.138. The maximum absolute atomic E-state index is 12.2. The summed E-state index contributed by atoms with van der Waals surface area (Å²) in [6.45, 7) is 3.00. The minimum absolute atomic E-state index is 0.299. The van der Waals surface area contributed by atoms with Gasteiger partial charge in [0.1, 0.15) is 0 Å². The largest absolute Gasteiger partial charge is 0.340 e. The second-order valence-electron chi connectivity index (χ2n) is 5.15. The molecule has 3 heteroatoms. The van der Waals surface area contributed by atoms with Crippen LogP contribution in [0.15, 0.2) is 0 Å². The summed E-state index contributed by atoms with van der Waals surface area (Å²) in [5, 5.41) is 0. The highest BCUT2D eigenvalue weighted by atomic mass is 16.2. The molecule has 1 heterocycles. The molecule has 1 saturated carbocycles. The fourth-order valence-electron chi connectivity index (χ4n) is 2.94. The number of hydrogen-bond acceptors (Lipinski definition) is 2. The van der Waals surface area contributed by atoms with Crippen molar-refractivity contribution in [2.75, 3.05) is 6.54 Å². The van der Waals surface area contributed by atoms with Crippen LogP contribution in [0.1, 0.15) is 45.4 Å². The normalized spacial score (nSPS) is 33.3. The number of likely N-dealkylation sites (tertiary alicyclic amines) is 1. The van der Waals surface area contributed by atoms with E-state index in [0.717, 1.165) is 32.2 Å². The highest BCUT2D eigenvalue weighted by molar-refractivity contribution is 5.79. The summed E-state index contributed by atoms with van der Waals surface area (Å²) in [6.07, 6.45) is 6.62. The van der Waals surface area contributed by atoms with Crippen molar-refractivity contribution in [2.24, 2.45) is 11.7 Å². The summed E-state index contributed by atoms with van der Waals surface area (Å²) < 4.78 is 0. The Labute approximate surface area is 92.0 Å². The molecule has 1 amide bonds. The van der Waals surface area contributed by atoms with Gasteiger partial charge in [0.2, 0.25) is 5.91 Å². The van der Waals surface area contributed by atoms with Crippen molar-refractivity contribution in [1.82, 2.24) is 4.90 Å². The Morgan fingerprint density at radius 3 is 2.53 bits per heavy atom. The number of carbonyl (C=O) groups is 1. The fourth-order valence-corrected chi connectivity index (χ4v) is 2.94. The van der Waals surface area contributed by atoms with Gasteiger partial charge < -0.3 is 10.6 Å². The second kappa shape index (κ2) is 4.52. The molecule has 0 aromatic rings.